The molecule has 4 rings (SSSR count). The van der Waals surface area contributed by atoms with Crippen LogP contribution in [0.3, 0.4) is 0 Å². The van der Waals surface area contributed by atoms with Crippen LogP contribution in [0.5, 0.6) is 11.5 Å². The first-order chi connectivity index (χ1) is 39.6. The SMILES string of the molecule is CC(C)C[C@H](NC(=O)CNC(=O)[C@H](C)NC(=O)[C@@H](NC(=O)[C@H](CC(N)=O)NC(=O)[C@@H](N)Cc1ccc(O)cc1)C(C)C)C(=O)N[C@@H](Cc1ccc(O)cc1)C(=O)N[C@H](C(=O)N[C@@H](Cc1c[nH]cn1)C(=O)N[C@@H](Cc1c[nH]cn1)C(N)=O)C(C)C. The van der Waals surface area contributed by atoms with Crippen LogP contribution in [0.15, 0.2) is 73.6 Å². The molecule has 0 unspecified atom stereocenters. The minimum atomic E-state index is -1.54. The number of aromatic nitrogens is 4. The molecule has 0 aliphatic rings. The summed E-state index contributed by atoms with van der Waals surface area (Å²) >= 11 is 0. The number of phenols is 2. The van der Waals surface area contributed by atoms with E-state index in [9.17, 15) is 63.0 Å². The highest BCUT2D eigenvalue weighted by Crippen LogP contribution is 2.15. The molecule has 0 bridgehead atoms. The number of nitrogens with two attached hydrogens (primary N) is 3. The van der Waals surface area contributed by atoms with Crippen LogP contribution in [-0.4, -0.2) is 156 Å². The molecule has 0 aliphatic carbocycles. The van der Waals surface area contributed by atoms with E-state index in [0.717, 1.165) is 0 Å². The Labute approximate surface area is 484 Å². The predicted molar refractivity (Wildman–Crippen MR) is 302 cm³/mol. The van der Waals surface area contributed by atoms with Gasteiger partial charge in [-0.15, -0.1) is 0 Å². The van der Waals surface area contributed by atoms with Gasteiger partial charge in [0.25, 0.3) is 0 Å². The Morgan fingerprint density at radius 3 is 1.39 bits per heavy atom. The van der Waals surface area contributed by atoms with E-state index in [4.69, 9.17) is 17.2 Å². The number of hydrogen-bond donors (Lipinski definition) is 16. The highest BCUT2D eigenvalue weighted by Gasteiger charge is 2.36. The predicted octanol–water partition coefficient (Wildman–Crippen LogP) is -3.12. The van der Waals surface area contributed by atoms with Crippen LogP contribution in [0.4, 0.5) is 0 Å². The van der Waals surface area contributed by atoms with Crippen LogP contribution in [0.2, 0.25) is 0 Å². The Bertz CT molecular complexity index is 2880. The number of imidazole rings is 2. The number of aromatic hydroxyl groups is 2. The van der Waals surface area contributed by atoms with Gasteiger partial charge in [-0.05, 0) is 72.9 Å². The number of H-pyrrole nitrogens is 2. The van der Waals surface area contributed by atoms with Crippen molar-refractivity contribution in [3.8, 4) is 11.5 Å². The fourth-order valence-corrected chi connectivity index (χ4v) is 8.42. The van der Waals surface area contributed by atoms with Crippen molar-refractivity contribution in [2.24, 2.45) is 35.0 Å². The summed E-state index contributed by atoms with van der Waals surface area (Å²) in [6.45, 7) is 10.6. The van der Waals surface area contributed by atoms with Crippen molar-refractivity contribution >= 4 is 65.0 Å². The number of phenolic OH excluding ortho intramolecular Hbond substituents is 2. The molecule has 0 aliphatic heterocycles. The monoisotopic (exact) mass is 1170 g/mol. The van der Waals surface area contributed by atoms with Crippen LogP contribution in [0, 0.1) is 17.8 Å². The Morgan fingerprint density at radius 2 is 0.917 bits per heavy atom. The number of hydrogen-bond acceptors (Lipinski definition) is 16. The summed E-state index contributed by atoms with van der Waals surface area (Å²) in [4.78, 5) is 162. The fourth-order valence-electron chi connectivity index (χ4n) is 8.42. The van der Waals surface area contributed by atoms with Crippen LogP contribution in [-0.2, 0) is 78.4 Å². The van der Waals surface area contributed by atoms with Gasteiger partial charge in [0.1, 0.15) is 59.8 Å². The van der Waals surface area contributed by atoms with Gasteiger partial charge in [0.05, 0.1) is 43.0 Å². The molecule has 9 atom stereocenters. The lowest BCUT2D eigenvalue weighted by atomic mass is 9.99. The summed E-state index contributed by atoms with van der Waals surface area (Å²) in [6.07, 6.45) is 4.80. The van der Waals surface area contributed by atoms with E-state index >= 15 is 0 Å². The Kier molecular flexibility index (Phi) is 25.8. The van der Waals surface area contributed by atoms with E-state index in [-0.39, 0.29) is 49.5 Å². The number of aromatic amines is 2. The molecule has 2 heterocycles. The first-order valence-corrected chi connectivity index (χ1v) is 27.1. The van der Waals surface area contributed by atoms with Gasteiger partial charge < -0.3 is 85.2 Å². The Morgan fingerprint density at radius 1 is 0.488 bits per heavy atom. The molecular formula is C55H78N16O13. The van der Waals surface area contributed by atoms with E-state index in [1.54, 1.807) is 53.7 Å². The third kappa shape index (κ3) is 22.2. The number of benzene rings is 2. The molecule has 0 saturated heterocycles. The quantitative estimate of drug-likeness (QED) is 0.0224. The molecule has 4 aromatic rings. The summed E-state index contributed by atoms with van der Waals surface area (Å²) in [5.74, 6) is -10.9. The van der Waals surface area contributed by atoms with Gasteiger partial charge in [-0.25, -0.2) is 9.97 Å². The average molecular weight is 1170 g/mol. The van der Waals surface area contributed by atoms with Crippen molar-refractivity contribution in [1.82, 2.24) is 67.8 Å². The third-order valence-corrected chi connectivity index (χ3v) is 13.0. The standard InChI is InChI=1S/C55H78N16O13/c1-27(2)16-39(65-44(75)24-61-48(77)30(7)64-54(83)45(28(3)4)70-53(82)42(21-43(57)74)67-49(78)37(56)17-31-8-12-35(72)13-9-31)50(79)68-40(18-32-10-14-36(73)15-11-32)52(81)71-46(29(5)6)55(84)69-41(20-34-23-60-26-63-34)51(80)66-38(47(58)76)19-33-22-59-25-62-33/h8-15,22-23,25-30,37-42,45-46,72-73H,16-21,24,56H2,1-7H3,(H2,57,74)(H2,58,76)(H,59,62)(H,60,63)(H,61,77)(H,64,83)(H,65,75)(H,66,80)(H,67,78)(H,68,79)(H,69,84)(H,70,82)(H,71,81)/t30-,37-,38-,39-,40-,41-,42-,45-,46-/m0/s1. The minimum Gasteiger partial charge on any atom is -0.508 e. The fraction of sp³-hybridized carbons (Fsp3) is 0.473. The van der Waals surface area contributed by atoms with Crippen molar-refractivity contribution in [3.05, 3.63) is 96.1 Å². The minimum absolute atomic E-state index is 0.000337. The number of amides is 11. The van der Waals surface area contributed by atoms with Gasteiger partial charge in [0.2, 0.25) is 65.0 Å². The topological polar surface area (TPSA) is 472 Å². The van der Waals surface area contributed by atoms with Crippen molar-refractivity contribution in [2.45, 2.75) is 141 Å². The highest BCUT2D eigenvalue weighted by molar-refractivity contribution is 5.99. The molecule has 29 nitrogen and oxygen atoms in total. The molecule has 29 heteroatoms. The summed E-state index contributed by atoms with van der Waals surface area (Å²) in [5.41, 5.74) is 18.9. The zero-order chi connectivity index (χ0) is 62.4. The van der Waals surface area contributed by atoms with Crippen molar-refractivity contribution in [3.63, 3.8) is 0 Å². The van der Waals surface area contributed by atoms with Gasteiger partial charge in [-0.1, -0.05) is 65.8 Å². The van der Waals surface area contributed by atoms with Crippen molar-refractivity contribution < 1.29 is 63.0 Å². The third-order valence-electron chi connectivity index (χ3n) is 13.0. The van der Waals surface area contributed by atoms with Crippen LogP contribution < -0.4 is 65.1 Å². The lowest BCUT2D eigenvalue weighted by Crippen LogP contribution is -2.61. The van der Waals surface area contributed by atoms with Crippen molar-refractivity contribution in [1.29, 1.82) is 0 Å². The maximum absolute atomic E-state index is 14.4. The molecule has 11 amide bonds. The lowest BCUT2D eigenvalue weighted by Gasteiger charge is -2.29. The number of primary amides is 2. The summed E-state index contributed by atoms with van der Waals surface area (Å²) in [5, 5.41) is 42.5. The van der Waals surface area contributed by atoms with Crippen LogP contribution >= 0.6 is 0 Å². The van der Waals surface area contributed by atoms with E-state index in [0.29, 0.717) is 22.5 Å². The Balaban J connectivity index is 1.43. The number of nitrogens with zero attached hydrogens (tertiary/aromatic N) is 2. The van der Waals surface area contributed by atoms with Crippen LogP contribution in [0.1, 0.15) is 83.8 Å². The molecular weight excluding hydrogens is 1090 g/mol. The molecule has 456 valence electrons. The highest BCUT2D eigenvalue weighted by atomic mass is 16.3. The van der Waals surface area contributed by atoms with Gasteiger partial charge in [0.15, 0.2) is 0 Å². The van der Waals surface area contributed by atoms with E-state index in [2.05, 4.69) is 67.8 Å². The van der Waals surface area contributed by atoms with Gasteiger partial charge in [0, 0.05) is 31.7 Å². The molecule has 84 heavy (non-hydrogen) atoms. The molecule has 0 fully saturated rings. The molecule has 0 spiro atoms. The lowest BCUT2D eigenvalue weighted by molar-refractivity contribution is -0.136. The van der Waals surface area contributed by atoms with Crippen LogP contribution in [0.25, 0.3) is 0 Å². The normalized spacial score (nSPS) is 14.4. The smallest absolute Gasteiger partial charge is 0.243 e. The maximum atomic E-state index is 14.4. The van der Waals surface area contributed by atoms with Gasteiger partial charge >= 0.3 is 0 Å². The average Bonchev–Trinajstić information content (AvgIpc) is 4.26. The largest absolute Gasteiger partial charge is 0.508 e. The molecule has 0 radical (unpaired) electrons. The van der Waals surface area contributed by atoms with E-state index in [1.807, 2.05) is 0 Å². The number of nitrogens with one attached hydrogen (secondary N) is 11. The summed E-state index contributed by atoms with van der Waals surface area (Å²) in [6, 6.07) is -0.255. The van der Waals surface area contributed by atoms with Gasteiger partial charge in [-0.3, -0.25) is 52.7 Å². The maximum Gasteiger partial charge on any atom is 0.243 e. The molecule has 19 N–H and O–H groups in total. The number of rotatable bonds is 33. The molecule has 2 aromatic carbocycles. The van der Waals surface area contributed by atoms with Gasteiger partial charge in [-0.2, -0.15) is 0 Å². The first kappa shape index (κ1) is 67.1. The summed E-state index contributed by atoms with van der Waals surface area (Å²) < 4.78 is 0. The second-order valence-electron chi connectivity index (χ2n) is 21.4. The summed E-state index contributed by atoms with van der Waals surface area (Å²) in [7, 11) is 0. The number of carbonyl (C=O) groups is 11. The van der Waals surface area contributed by atoms with E-state index < -0.39 is 144 Å². The molecule has 2 aromatic heterocycles. The first-order valence-electron chi connectivity index (χ1n) is 27.1. The second kappa shape index (κ2) is 32.3. The second-order valence-corrected chi connectivity index (χ2v) is 21.4. The van der Waals surface area contributed by atoms with E-state index in [1.165, 1.54) is 68.4 Å². The zero-order valence-corrected chi connectivity index (χ0v) is 47.8. The number of carbonyl (C=O) groups excluding carboxylic acids is 11. The zero-order valence-electron chi connectivity index (χ0n) is 47.8. The van der Waals surface area contributed by atoms with Crippen molar-refractivity contribution in [2.75, 3.05) is 6.54 Å². The molecule has 0 saturated carbocycles. The Hall–Kier alpha value is -9.41.